The van der Waals surface area contributed by atoms with Gasteiger partial charge in [0.15, 0.2) is 0 Å². The number of aliphatic hydroxyl groups is 1. The zero-order valence-electron chi connectivity index (χ0n) is 9.94. The van der Waals surface area contributed by atoms with Crippen molar-refractivity contribution in [2.24, 2.45) is 0 Å². The smallest absolute Gasteiger partial charge is 0.0897 e. The van der Waals surface area contributed by atoms with Gasteiger partial charge in [0, 0.05) is 23.2 Å². The average molecular weight is 240 g/mol. The van der Waals surface area contributed by atoms with E-state index < -0.39 is 0 Å². The Morgan fingerprint density at radius 2 is 2.12 bits per heavy atom. The second-order valence-corrected chi connectivity index (χ2v) is 5.94. The lowest BCUT2D eigenvalue weighted by Crippen LogP contribution is -2.35. The monoisotopic (exact) mass is 240 g/mol. The fourth-order valence-corrected chi connectivity index (χ4v) is 3.05. The minimum absolute atomic E-state index is 0.0704. The van der Waals surface area contributed by atoms with Crippen LogP contribution in [0.5, 0.6) is 0 Å². The van der Waals surface area contributed by atoms with Crippen LogP contribution in [-0.2, 0) is 0 Å². The van der Waals surface area contributed by atoms with Crippen molar-refractivity contribution in [3.8, 4) is 0 Å². The number of aliphatic hydroxyl groups excluding tert-OH is 1. The second-order valence-electron chi connectivity index (χ2n) is 4.68. The van der Waals surface area contributed by atoms with Crippen LogP contribution >= 0.6 is 11.3 Å². The predicted octanol–water partition coefficient (Wildman–Crippen LogP) is 2.41. The number of hydrogen-bond donors (Lipinski definition) is 2. The summed E-state index contributed by atoms with van der Waals surface area (Å²) < 4.78 is 0. The van der Waals surface area contributed by atoms with E-state index in [-0.39, 0.29) is 6.10 Å². The zero-order chi connectivity index (χ0) is 11.5. The molecule has 1 fully saturated rings. The Bertz CT molecular complexity index is 332. The third kappa shape index (κ3) is 3.03. The van der Waals surface area contributed by atoms with E-state index in [1.165, 1.54) is 4.88 Å². The average Bonchev–Trinajstić information content (AvgIpc) is 2.68. The zero-order valence-corrected chi connectivity index (χ0v) is 10.8. The highest BCUT2D eigenvalue weighted by Gasteiger charge is 2.21. The summed E-state index contributed by atoms with van der Waals surface area (Å²) in [5, 5.41) is 14.2. The topological polar surface area (TPSA) is 45.2 Å². The molecule has 3 nitrogen and oxygen atoms in total. The molecule has 0 bridgehead atoms. The quantitative estimate of drug-likeness (QED) is 0.853. The number of rotatable bonds is 3. The van der Waals surface area contributed by atoms with Gasteiger partial charge < -0.3 is 10.4 Å². The molecule has 0 radical (unpaired) electrons. The van der Waals surface area contributed by atoms with Crippen LogP contribution in [0.4, 0.5) is 0 Å². The van der Waals surface area contributed by atoms with E-state index in [2.05, 4.69) is 17.2 Å². The lowest BCUT2D eigenvalue weighted by molar-refractivity contribution is 0.114. The van der Waals surface area contributed by atoms with Gasteiger partial charge in [-0.15, -0.1) is 11.3 Å². The Balaban J connectivity index is 1.85. The van der Waals surface area contributed by atoms with Gasteiger partial charge in [0.2, 0.25) is 0 Å². The minimum Gasteiger partial charge on any atom is -0.393 e. The molecule has 1 atom stereocenters. The largest absolute Gasteiger partial charge is 0.393 e. The molecule has 1 saturated carbocycles. The molecule has 1 aliphatic rings. The highest BCUT2D eigenvalue weighted by molar-refractivity contribution is 7.11. The summed E-state index contributed by atoms with van der Waals surface area (Å²) in [6, 6.07) is 0.937. The van der Waals surface area contributed by atoms with Crippen molar-refractivity contribution in [3.63, 3.8) is 0 Å². The standard InChI is InChI=1S/C12H20N2OS/c1-8(12-7-13-9(2)16-12)14-10-3-5-11(15)6-4-10/h7-8,10-11,14-15H,3-6H2,1-2H3. The molecule has 2 N–H and O–H groups in total. The summed E-state index contributed by atoms with van der Waals surface area (Å²) in [7, 11) is 0. The summed E-state index contributed by atoms with van der Waals surface area (Å²) in [5.74, 6) is 0. The van der Waals surface area contributed by atoms with E-state index in [1.807, 2.05) is 13.1 Å². The van der Waals surface area contributed by atoms with Gasteiger partial charge in [0.05, 0.1) is 11.1 Å². The second kappa shape index (κ2) is 5.25. The van der Waals surface area contributed by atoms with Crippen molar-refractivity contribution in [2.75, 3.05) is 0 Å². The maximum atomic E-state index is 9.45. The number of thiazole rings is 1. The van der Waals surface area contributed by atoms with Crippen LogP contribution in [-0.4, -0.2) is 22.2 Å². The summed E-state index contributed by atoms with van der Waals surface area (Å²) in [4.78, 5) is 5.59. The number of nitrogens with one attached hydrogen (secondary N) is 1. The van der Waals surface area contributed by atoms with Crippen molar-refractivity contribution in [3.05, 3.63) is 16.1 Å². The fraction of sp³-hybridized carbons (Fsp3) is 0.750. The van der Waals surface area contributed by atoms with Crippen LogP contribution < -0.4 is 5.32 Å². The number of hydrogen-bond acceptors (Lipinski definition) is 4. The molecule has 0 amide bonds. The Kier molecular flexibility index (Phi) is 3.95. The summed E-state index contributed by atoms with van der Waals surface area (Å²) in [6.45, 7) is 4.23. The first-order valence-corrected chi connectivity index (χ1v) is 6.83. The molecule has 0 aromatic carbocycles. The molecular weight excluding hydrogens is 220 g/mol. The molecule has 1 aliphatic carbocycles. The van der Waals surface area contributed by atoms with Crippen molar-refractivity contribution in [1.29, 1.82) is 0 Å². The van der Waals surface area contributed by atoms with Crippen LogP contribution in [0.3, 0.4) is 0 Å². The van der Waals surface area contributed by atoms with Gasteiger partial charge in [-0.25, -0.2) is 4.98 Å². The first kappa shape index (κ1) is 12.0. The molecule has 0 aliphatic heterocycles. The van der Waals surface area contributed by atoms with Gasteiger partial charge in [-0.2, -0.15) is 0 Å². The van der Waals surface area contributed by atoms with Gasteiger partial charge in [-0.05, 0) is 39.5 Å². The number of aromatic nitrogens is 1. The first-order chi connectivity index (χ1) is 7.65. The van der Waals surface area contributed by atoms with E-state index in [0.717, 1.165) is 30.7 Å². The van der Waals surface area contributed by atoms with Gasteiger partial charge in [0.1, 0.15) is 0 Å². The van der Waals surface area contributed by atoms with E-state index in [0.29, 0.717) is 12.1 Å². The van der Waals surface area contributed by atoms with Crippen LogP contribution in [0.1, 0.15) is 48.5 Å². The molecule has 90 valence electrons. The third-order valence-corrected chi connectivity index (χ3v) is 4.34. The number of nitrogens with zero attached hydrogens (tertiary/aromatic N) is 1. The highest BCUT2D eigenvalue weighted by atomic mass is 32.1. The van der Waals surface area contributed by atoms with Crippen LogP contribution in [0.25, 0.3) is 0 Å². The van der Waals surface area contributed by atoms with Gasteiger partial charge in [0.25, 0.3) is 0 Å². The normalized spacial score (nSPS) is 27.9. The molecule has 0 spiro atoms. The molecule has 1 unspecified atom stereocenters. The van der Waals surface area contributed by atoms with Gasteiger partial charge in [-0.1, -0.05) is 0 Å². The van der Waals surface area contributed by atoms with Gasteiger partial charge in [-0.3, -0.25) is 0 Å². The molecule has 1 aromatic rings. The fourth-order valence-electron chi connectivity index (χ4n) is 2.26. The molecule has 1 heterocycles. The maximum absolute atomic E-state index is 9.45. The molecule has 0 saturated heterocycles. The van der Waals surface area contributed by atoms with Crippen LogP contribution in [0.2, 0.25) is 0 Å². The lowest BCUT2D eigenvalue weighted by Gasteiger charge is -2.28. The van der Waals surface area contributed by atoms with Crippen molar-refractivity contribution in [1.82, 2.24) is 10.3 Å². The van der Waals surface area contributed by atoms with E-state index in [9.17, 15) is 5.11 Å². The molecule has 2 rings (SSSR count). The molecular formula is C12H20N2OS. The summed E-state index contributed by atoms with van der Waals surface area (Å²) in [5.41, 5.74) is 0. The van der Waals surface area contributed by atoms with Crippen LogP contribution in [0.15, 0.2) is 6.20 Å². The summed E-state index contributed by atoms with van der Waals surface area (Å²) >= 11 is 1.76. The van der Waals surface area contributed by atoms with Crippen molar-refractivity contribution >= 4 is 11.3 Å². The van der Waals surface area contributed by atoms with Crippen LogP contribution in [0, 0.1) is 6.92 Å². The maximum Gasteiger partial charge on any atom is 0.0897 e. The first-order valence-electron chi connectivity index (χ1n) is 6.01. The predicted molar refractivity (Wildman–Crippen MR) is 66.7 cm³/mol. The Morgan fingerprint density at radius 3 is 2.69 bits per heavy atom. The van der Waals surface area contributed by atoms with E-state index >= 15 is 0 Å². The third-order valence-electron chi connectivity index (χ3n) is 3.25. The van der Waals surface area contributed by atoms with E-state index in [4.69, 9.17) is 0 Å². The molecule has 1 aromatic heterocycles. The van der Waals surface area contributed by atoms with Crippen molar-refractivity contribution < 1.29 is 5.11 Å². The molecule has 16 heavy (non-hydrogen) atoms. The van der Waals surface area contributed by atoms with Gasteiger partial charge >= 0.3 is 0 Å². The lowest BCUT2D eigenvalue weighted by atomic mass is 9.92. The Hall–Kier alpha value is -0.450. The minimum atomic E-state index is -0.0704. The highest BCUT2D eigenvalue weighted by Crippen LogP contribution is 2.24. The van der Waals surface area contributed by atoms with E-state index in [1.54, 1.807) is 11.3 Å². The van der Waals surface area contributed by atoms with Crippen molar-refractivity contribution in [2.45, 2.75) is 57.7 Å². The number of aryl methyl sites for hydroxylation is 1. The summed E-state index contributed by atoms with van der Waals surface area (Å²) in [6.07, 6.45) is 5.94. The molecule has 4 heteroatoms. The SMILES string of the molecule is Cc1ncc(C(C)NC2CCC(O)CC2)s1. The Labute approximate surface area is 101 Å². The Morgan fingerprint density at radius 1 is 1.44 bits per heavy atom.